The molecule has 0 saturated carbocycles. The van der Waals surface area contributed by atoms with Gasteiger partial charge in [0.1, 0.15) is 24.8 Å². The molecule has 3 rings (SSSR count). The number of carbonyl (C=O) groups is 1. The predicted octanol–water partition coefficient (Wildman–Crippen LogP) is 3.75. The molecule has 3 aromatic rings. The number of nitrogens with zero attached hydrogens (tertiary/aromatic N) is 1. The fourth-order valence-electron chi connectivity index (χ4n) is 2.48. The second kappa shape index (κ2) is 10.7. The number of hydrogen-bond acceptors (Lipinski definition) is 4. The van der Waals surface area contributed by atoms with Crippen molar-refractivity contribution in [3.05, 3.63) is 65.4 Å². The number of H-pyrrole nitrogens is 1. The second-order valence-electron chi connectivity index (χ2n) is 5.96. The number of nitrogens with one attached hydrogen (secondary N) is 2. The molecule has 2 aromatic carbocycles. The number of rotatable bonds is 7. The number of halogens is 1. The summed E-state index contributed by atoms with van der Waals surface area (Å²) in [6.45, 7) is 0.819. The van der Waals surface area contributed by atoms with E-state index in [9.17, 15) is 4.79 Å². The first-order valence-corrected chi connectivity index (χ1v) is 9.40. The van der Waals surface area contributed by atoms with Crippen LogP contribution in [0.5, 0.6) is 5.75 Å². The second-order valence-corrected chi connectivity index (χ2v) is 6.40. The van der Waals surface area contributed by atoms with Crippen LogP contribution in [0.4, 0.5) is 5.69 Å². The first kappa shape index (κ1) is 21.0. The normalized spacial score (nSPS) is 9.87. The summed E-state index contributed by atoms with van der Waals surface area (Å²) >= 11 is 5.86. The van der Waals surface area contributed by atoms with Gasteiger partial charge in [-0.3, -0.25) is 4.79 Å². The Hall–Kier alpha value is -3.71. The van der Waals surface area contributed by atoms with Crippen molar-refractivity contribution in [2.24, 2.45) is 0 Å². The highest BCUT2D eigenvalue weighted by molar-refractivity contribution is 6.30. The zero-order valence-electron chi connectivity index (χ0n) is 15.9. The SMILES string of the molecule is C#CCOCCOc1ccc(-c2ncc[nH]2)cc1NC(=O)C#Cc1ccc(Cl)cc1. The zero-order chi connectivity index (χ0) is 21.2. The van der Waals surface area contributed by atoms with Gasteiger partial charge in [-0.15, -0.1) is 6.42 Å². The van der Waals surface area contributed by atoms with Gasteiger partial charge in [0.25, 0.3) is 0 Å². The molecule has 0 unspecified atom stereocenters. The summed E-state index contributed by atoms with van der Waals surface area (Å²) in [7, 11) is 0. The molecule has 2 N–H and O–H groups in total. The van der Waals surface area contributed by atoms with Crippen LogP contribution in [-0.4, -0.2) is 35.7 Å². The van der Waals surface area contributed by atoms with Crippen molar-refractivity contribution >= 4 is 23.2 Å². The predicted molar refractivity (Wildman–Crippen MR) is 116 cm³/mol. The summed E-state index contributed by atoms with van der Waals surface area (Å²) in [5.41, 5.74) is 1.94. The van der Waals surface area contributed by atoms with Crippen LogP contribution < -0.4 is 10.1 Å². The summed E-state index contributed by atoms with van der Waals surface area (Å²) < 4.78 is 10.9. The molecule has 0 bridgehead atoms. The van der Waals surface area contributed by atoms with Crippen molar-refractivity contribution in [1.29, 1.82) is 0 Å². The molecule has 0 aliphatic carbocycles. The third-order valence-corrected chi connectivity index (χ3v) is 4.09. The van der Waals surface area contributed by atoms with Crippen LogP contribution in [0, 0.1) is 24.2 Å². The van der Waals surface area contributed by atoms with Gasteiger partial charge < -0.3 is 19.8 Å². The van der Waals surface area contributed by atoms with E-state index in [0.29, 0.717) is 34.5 Å². The van der Waals surface area contributed by atoms with Crippen LogP contribution in [0.2, 0.25) is 5.02 Å². The lowest BCUT2D eigenvalue weighted by Crippen LogP contribution is -2.12. The Morgan fingerprint density at radius 1 is 1.20 bits per heavy atom. The highest BCUT2D eigenvalue weighted by atomic mass is 35.5. The fraction of sp³-hybridized carbons (Fsp3) is 0.130. The van der Waals surface area contributed by atoms with Crippen molar-refractivity contribution in [3.8, 4) is 41.3 Å². The van der Waals surface area contributed by atoms with Crippen LogP contribution in [0.15, 0.2) is 54.9 Å². The van der Waals surface area contributed by atoms with E-state index >= 15 is 0 Å². The molecule has 0 aliphatic heterocycles. The molecule has 1 heterocycles. The zero-order valence-corrected chi connectivity index (χ0v) is 16.7. The third kappa shape index (κ3) is 6.15. The van der Waals surface area contributed by atoms with Gasteiger partial charge in [-0.2, -0.15) is 0 Å². The van der Waals surface area contributed by atoms with Crippen molar-refractivity contribution < 1.29 is 14.3 Å². The first-order chi connectivity index (χ1) is 14.7. The molecule has 7 heteroatoms. The Labute approximate surface area is 179 Å². The largest absolute Gasteiger partial charge is 0.489 e. The van der Waals surface area contributed by atoms with Gasteiger partial charge in [-0.1, -0.05) is 23.4 Å². The number of benzene rings is 2. The number of imidazole rings is 1. The Balaban J connectivity index is 1.75. The molecular formula is C23H18ClN3O3. The summed E-state index contributed by atoms with van der Waals surface area (Å²) in [4.78, 5) is 19.6. The number of carbonyl (C=O) groups excluding carboxylic acids is 1. The summed E-state index contributed by atoms with van der Waals surface area (Å²) in [6.07, 6.45) is 8.52. The average Bonchev–Trinajstić information content (AvgIpc) is 3.29. The van der Waals surface area contributed by atoms with E-state index in [1.165, 1.54) is 0 Å². The molecule has 0 radical (unpaired) electrons. The van der Waals surface area contributed by atoms with Gasteiger partial charge in [0.15, 0.2) is 0 Å². The van der Waals surface area contributed by atoms with Gasteiger partial charge in [0.2, 0.25) is 0 Å². The van der Waals surface area contributed by atoms with E-state index in [1.807, 2.05) is 6.07 Å². The van der Waals surface area contributed by atoms with Crippen molar-refractivity contribution in [3.63, 3.8) is 0 Å². The molecule has 30 heavy (non-hydrogen) atoms. The monoisotopic (exact) mass is 419 g/mol. The topological polar surface area (TPSA) is 76.2 Å². The van der Waals surface area contributed by atoms with E-state index in [1.54, 1.807) is 48.8 Å². The van der Waals surface area contributed by atoms with Crippen LogP contribution in [0.25, 0.3) is 11.4 Å². The average molecular weight is 420 g/mol. The number of aromatic amines is 1. The minimum Gasteiger partial charge on any atom is -0.489 e. The fourth-order valence-corrected chi connectivity index (χ4v) is 2.61. The number of anilines is 1. The third-order valence-electron chi connectivity index (χ3n) is 3.83. The molecule has 1 amide bonds. The minimum atomic E-state index is -0.477. The molecule has 6 nitrogen and oxygen atoms in total. The Morgan fingerprint density at radius 2 is 2.03 bits per heavy atom. The molecular weight excluding hydrogens is 402 g/mol. The van der Waals surface area contributed by atoms with Crippen molar-refractivity contribution in [2.75, 3.05) is 25.1 Å². The van der Waals surface area contributed by atoms with Gasteiger partial charge in [-0.25, -0.2) is 4.98 Å². The van der Waals surface area contributed by atoms with Gasteiger partial charge in [-0.05, 0) is 42.5 Å². The first-order valence-electron chi connectivity index (χ1n) is 9.02. The van der Waals surface area contributed by atoms with E-state index < -0.39 is 5.91 Å². The van der Waals surface area contributed by atoms with Crippen LogP contribution in [-0.2, 0) is 9.53 Å². The van der Waals surface area contributed by atoms with Gasteiger partial charge in [0, 0.05) is 34.5 Å². The molecule has 0 atom stereocenters. The maximum Gasteiger partial charge on any atom is 0.300 e. The maximum absolute atomic E-state index is 12.4. The lowest BCUT2D eigenvalue weighted by Gasteiger charge is -2.12. The van der Waals surface area contributed by atoms with E-state index in [0.717, 1.165) is 5.56 Å². The summed E-state index contributed by atoms with van der Waals surface area (Å²) in [5, 5.41) is 3.37. The number of hydrogen-bond donors (Lipinski definition) is 2. The Morgan fingerprint density at radius 3 is 2.77 bits per heavy atom. The molecule has 0 spiro atoms. The molecule has 1 aromatic heterocycles. The van der Waals surface area contributed by atoms with Crippen LogP contribution in [0.1, 0.15) is 5.56 Å². The Bertz CT molecular complexity index is 1090. The van der Waals surface area contributed by atoms with Crippen molar-refractivity contribution in [1.82, 2.24) is 9.97 Å². The number of amides is 1. The van der Waals surface area contributed by atoms with Crippen LogP contribution in [0.3, 0.4) is 0 Å². The maximum atomic E-state index is 12.4. The smallest absolute Gasteiger partial charge is 0.300 e. The minimum absolute atomic E-state index is 0.213. The Kier molecular flexibility index (Phi) is 7.51. The highest BCUT2D eigenvalue weighted by Crippen LogP contribution is 2.29. The summed E-state index contributed by atoms with van der Waals surface area (Å²) in [6, 6.07) is 12.3. The lowest BCUT2D eigenvalue weighted by molar-refractivity contribution is -0.111. The molecule has 0 aliphatic rings. The number of ether oxygens (including phenoxy) is 2. The number of aromatic nitrogens is 2. The van der Waals surface area contributed by atoms with Crippen LogP contribution >= 0.6 is 11.6 Å². The number of terminal acetylenes is 1. The molecule has 150 valence electrons. The quantitative estimate of drug-likeness (QED) is 0.451. The van der Waals surface area contributed by atoms with E-state index in [-0.39, 0.29) is 13.2 Å². The molecule has 0 fully saturated rings. The van der Waals surface area contributed by atoms with Gasteiger partial charge >= 0.3 is 5.91 Å². The van der Waals surface area contributed by atoms with Crippen molar-refractivity contribution in [2.45, 2.75) is 0 Å². The van der Waals surface area contributed by atoms with E-state index in [4.69, 9.17) is 27.5 Å². The van der Waals surface area contributed by atoms with E-state index in [2.05, 4.69) is 33.0 Å². The highest BCUT2D eigenvalue weighted by Gasteiger charge is 2.10. The lowest BCUT2D eigenvalue weighted by atomic mass is 10.1. The van der Waals surface area contributed by atoms with Gasteiger partial charge in [0.05, 0.1) is 12.3 Å². The summed E-state index contributed by atoms with van der Waals surface area (Å²) in [5.74, 6) is 8.43. The standard InChI is InChI=1S/C23H18ClN3O3/c1-2-13-29-14-15-30-21-9-6-18(23-25-11-12-26-23)16-20(21)27-22(28)10-5-17-3-7-19(24)8-4-17/h1,3-4,6-9,11-12,16H,13-15H2,(H,25,26)(H,27,28). The molecule has 0 saturated heterocycles.